The molecule has 0 aliphatic carbocycles. The van der Waals surface area contributed by atoms with Crippen LogP contribution >= 0.6 is 0 Å². The molecule has 0 aromatic heterocycles. The van der Waals surface area contributed by atoms with E-state index in [-0.39, 0.29) is 24.3 Å². The van der Waals surface area contributed by atoms with Crippen LogP contribution in [-0.2, 0) is 14.3 Å². The van der Waals surface area contributed by atoms with Gasteiger partial charge in [-0.25, -0.2) is 4.79 Å². The van der Waals surface area contributed by atoms with Gasteiger partial charge in [0.1, 0.15) is 6.04 Å². The number of hydrogen-bond acceptors (Lipinski definition) is 4. The van der Waals surface area contributed by atoms with Crippen molar-refractivity contribution in [2.75, 3.05) is 0 Å². The maximum absolute atomic E-state index is 12.5. The molecule has 122 valence electrons. The number of benzene rings is 1. The van der Waals surface area contributed by atoms with Gasteiger partial charge in [0, 0.05) is 18.0 Å². The van der Waals surface area contributed by atoms with Crippen molar-refractivity contribution in [1.82, 2.24) is 10.2 Å². The summed E-state index contributed by atoms with van der Waals surface area (Å²) in [7, 11) is 0. The van der Waals surface area contributed by atoms with Crippen LogP contribution in [0.3, 0.4) is 0 Å². The summed E-state index contributed by atoms with van der Waals surface area (Å²) in [5.41, 5.74) is 1.10. The molecule has 0 radical (unpaired) electrons. The van der Waals surface area contributed by atoms with Gasteiger partial charge in [0.05, 0.1) is 5.56 Å². The van der Waals surface area contributed by atoms with E-state index in [9.17, 15) is 14.4 Å². The summed E-state index contributed by atoms with van der Waals surface area (Å²) >= 11 is 0. The van der Waals surface area contributed by atoms with Gasteiger partial charge in [-0.1, -0.05) is 25.1 Å². The van der Waals surface area contributed by atoms with Gasteiger partial charge >= 0.3 is 5.97 Å². The third kappa shape index (κ3) is 2.69. The molecule has 0 unspecified atom stereocenters. The third-order valence-electron chi connectivity index (χ3n) is 4.48. The van der Waals surface area contributed by atoms with E-state index in [1.807, 2.05) is 13.8 Å². The highest BCUT2D eigenvalue weighted by Gasteiger charge is 2.46. The van der Waals surface area contributed by atoms with Crippen molar-refractivity contribution in [3.63, 3.8) is 0 Å². The van der Waals surface area contributed by atoms with E-state index in [1.165, 1.54) is 4.90 Å². The maximum atomic E-state index is 12.5. The monoisotopic (exact) mass is 316 g/mol. The molecule has 0 spiro atoms. The predicted octanol–water partition coefficient (Wildman–Crippen LogP) is 1.76. The molecule has 6 nitrogen and oxygen atoms in total. The second kappa shape index (κ2) is 6.02. The van der Waals surface area contributed by atoms with Crippen LogP contribution in [0.15, 0.2) is 24.3 Å². The lowest BCUT2D eigenvalue weighted by Gasteiger charge is -2.29. The molecule has 23 heavy (non-hydrogen) atoms. The van der Waals surface area contributed by atoms with Gasteiger partial charge < -0.3 is 10.1 Å². The van der Waals surface area contributed by atoms with Crippen LogP contribution in [0.1, 0.15) is 55.3 Å². The van der Waals surface area contributed by atoms with Crippen molar-refractivity contribution in [2.24, 2.45) is 0 Å². The van der Waals surface area contributed by atoms with E-state index in [4.69, 9.17) is 4.74 Å². The lowest BCUT2D eigenvalue weighted by Crippen LogP contribution is -2.48. The van der Waals surface area contributed by atoms with E-state index in [0.29, 0.717) is 17.5 Å². The quantitative estimate of drug-likeness (QED) is 0.859. The largest absolute Gasteiger partial charge is 0.433 e. The Hall–Kier alpha value is -2.37. The number of fused-ring (bicyclic) bond motifs is 1. The molecule has 1 N–H and O–H groups in total. The molecule has 0 bridgehead atoms. The number of hydrogen-bond donors (Lipinski definition) is 1. The van der Waals surface area contributed by atoms with E-state index in [2.05, 4.69) is 5.32 Å². The summed E-state index contributed by atoms with van der Waals surface area (Å²) in [5, 5.41) is 2.91. The minimum absolute atomic E-state index is 0.0402. The summed E-state index contributed by atoms with van der Waals surface area (Å²) in [4.78, 5) is 38.2. The van der Waals surface area contributed by atoms with Gasteiger partial charge in [-0.3, -0.25) is 14.5 Å². The lowest BCUT2D eigenvalue weighted by molar-refractivity contribution is -0.146. The number of amides is 2. The summed E-state index contributed by atoms with van der Waals surface area (Å²) in [6, 6.07) is 6.43. The van der Waals surface area contributed by atoms with E-state index in [0.717, 1.165) is 6.42 Å². The predicted molar refractivity (Wildman–Crippen MR) is 82.4 cm³/mol. The summed E-state index contributed by atoms with van der Waals surface area (Å²) in [6.07, 6.45) is 0.737. The molecule has 2 heterocycles. The molecule has 1 fully saturated rings. The van der Waals surface area contributed by atoms with Crippen LogP contribution in [0.5, 0.6) is 0 Å². The molecule has 2 aliphatic heterocycles. The van der Waals surface area contributed by atoms with Crippen LogP contribution < -0.4 is 5.32 Å². The zero-order chi connectivity index (χ0) is 16.6. The Balaban J connectivity index is 1.87. The van der Waals surface area contributed by atoms with Crippen molar-refractivity contribution in [2.45, 2.75) is 51.4 Å². The van der Waals surface area contributed by atoms with Crippen molar-refractivity contribution >= 4 is 17.8 Å². The van der Waals surface area contributed by atoms with Crippen LogP contribution in [0.2, 0.25) is 0 Å². The van der Waals surface area contributed by atoms with Crippen LogP contribution in [-0.4, -0.2) is 34.8 Å². The number of esters is 1. The SMILES string of the molecule is CC[C@@H](C)NC(=O)[C@@H]1CCC(=O)N1[C@@H]1OC(=O)c2ccccc21. The fraction of sp³-hybridized carbons (Fsp3) is 0.471. The highest BCUT2D eigenvalue weighted by atomic mass is 16.6. The molecule has 0 saturated carbocycles. The molecule has 1 aromatic carbocycles. The van der Waals surface area contributed by atoms with E-state index < -0.39 is 18.2 Å². The smallest absolute Gasteiger partial charge is 0.340 e. The Kier molecular flexibility index (Phi) is 4.07. The van der Waals surface area contributed by atoms with Crippen LogP contribution in [0.4, 0.5) is 0 Å². The summed E-state index contributed by atoms with van der Waals surface area (Å²) < 4.78 is 5.38. The average Bonchev–Trinajstić information content (AvgIpc) is 3.08. The minimum Gasteiger partial charge on any atom is -0.433 e. The van der Waals surface area contributed by atoms with Gasteiger partial charge in [0.2, 0.25) is 18.0 Å². The first-order chi connectivity index (χ1) is 11.0. The van der Waals surface area contributed by atoms with Crippen molar-refractivity contribution < 1.29 is 19.1 Å². The van der Waals surface area contributed by atoms with Gasteiger partial charge in [-0.2, -0.15) is 0 Å². The number of rotatable bonds is 4. The molecule has 1 saturated heterocycles. The maximum Gasteiger partial charge on any atom is 0.340 e. The molecular formula is C17H20N2O4. The minimum atomic E-state index is -0.804. The molecule has 2 aliphatic rings. The second-order valence-electron chi connectivity index (χ2n) is 6.02. The van der Waals surface area contributed by atoms with Crippen LogP contribution in [0, 0.1) is 0 Å². The first-order valence-corrected chi connectivity index (χ1v) is 7.94. The highest BCUT2D eigenvalue weighted by Crippen LogP contribution is 2.38. The number of carbonyl (C=O) groups excluding carboxylic acids is 3. The fourth-order valence-electron chi connectivity index (χ4n) is 3.03. The highest BCUT2D eigenvalue weighted by molar-refractivity contribution is 5.96. The average molecular weight is 316 g/mol. The molecule has 3 atom stereocenters. The zero-order valence-corrected chi connectivity index (χ0v) is 13.2. The van der Waals surface area contributed by atoms with Crippen LogP contribution in [0.25, 0.3) is 0 Å². The number of carbonyl (C=O) groups is 3. The first-order valence-electron chi connectivity index (χ1n) is 7.94. The number of ether oxygens (including phenoxy) is 1. The number of nitrogens with one attached hydrogen (secondary N) is 1. The van der Waals surface area contributed by atoms with Crippen molar-refractivity contribution in [3.8, 4) is 0 Å². The first kappa shape index (κ1) is 15.5. The summed E-state index contributed by atoms with van der Waals surface area (Å²) in [6.45, 7) is 3.90. The standard InChI is InChI=1S/C17H20N2O4/c1-3-10(2)18-15(21)13-8-9-14(20)19(13)16-11-6-4-5-7-12(11)17(22)23-16/h4-7,10,13,16H,3,8-9H2,1-2H3,(H,18,21)/t10-,13+,16-/m1/s1. The Labute approximate surface area is 134 Å². The molecule has 1 aromatic rings. The topological polar surface area (TPSA) is 75.7 Å². The Morgan fingerprint density at radius 3 is 2.87 bits per heavy atom. The molecule has 2 amide bonds. The van der Waals surface area contributed by atoms with Crippen molar-refractivity contribution in [1.29, 1.82) is 0 Å². The lowest BCUT2D eigenvalue weighted by atomic mass is 10.1. The normalized spacial score (nSPS) is 24.3. The summed E-state index contributed by atoms with van der Waals surface area (Å²) in [5.74, 6) is -0.805. The van der Waals surface area contributed by atoms with Gasteiger partial charge in [0.15, 0.2) is 0 Å². The second-order valence-corrected chi connectivity index (χ2v) is 6.02. The van der Waals surface area contributed by atoms with Gasteiger partial charge in [-0.15, -0.1) is 0 Å². The number of cyclic esters (lactones) is 1. The fourth-order valence-corrected chi connectivity index (χ4v) is 3.03. The number of nitrogens with zero attached hydrogens (tertiary/aromatic N) is 1. The van der Waals surface area contributed by atoms with Crippen molar-refractivity contribution in [3.05, 3.63) is 35.4 Å². The van der Waals surface area contributed by atoms with E-state index in [1.54, 1.807) is 24.3 Å². The Morgan fingerprint density at radius 2 is 2.13 bits per heavy atom. The van der Waals surface area contributed by atoms with Gasteiger partial charge in [0.25, 0.3) is 0 Å². The molecule has 3 rings (SSSR count). The third-order valence-corrected chi connectivity index (χ3v) is 4.48. The number of likely N-dealkylation sites (tertiary alicyclic amines) is 1. The Bertz CT molecular complexity index is 658. The molecular weight excluding hydrogens is 296 g/mol. The van der Waals surface area contributed by atoms with E-state index >= 15 is 0 Å². The molecule has 6 heteroatoms. The zero-order valence-electron chi connectivity index (χ0n) is 13.2. The Morgan fingerprint density at radius 1 is 1.39 bits per heavy atom. The van der Waals surface area contributed by atoms with Gasteiger partial charge in [-0.05, 0) is 25.8 Å².